The van der Waals surface area contributed by atoms with Gasteiger partial charge in [-0.05, 0) is 94.5 Å². The molecule has 41 heavy (non-hydrogen) atoms. The van der Waals surface area contributed by atoms with Crippen LogP contribution in [0.25, 0.3) is 0 Å². The minimum absolute atomic E-state index is 0.0530. The van der Waals surface area contributed by atoms with Crippen LogP contribution in [0.15, 0.2) is 48.7 Å². The molecule has 1 aromatic heterocycles. The number of carbonyl (C=O) groups is 1. The Morgan fingerprint density at radius 1 is 0.951 bits per heavy atom. The van der Waals surface area contributed by atoms with Crippen molar-refractivity contribution in [2.75, 3.05) is 60.2 Å². The lowest BCUT2D eigenvalue weighted by Crippen LogP contribution is -2.44. The average molecular weight is 560 g/mol. The van der Waals surface area contributed by atoms with Crippen molar-refractivity contribution in [1.82, 2.24) is 14.9 Å². The number of hydrogen-bond acceptors (Lipinski definition) is 8. The van der Waals surface area contributed by atoms with Crippen molar-refractivity contribution < 1.29 is 13.9 Å². The average Bonchev–Trinajstić information content (AvgIpc) is 3.71. The zero-order valence-electron chi connectivity index (χ0n) is 24.2. The van der Waals surface area contributed by atoms with Crippen LogP contribution < -0.4 is 20.4 Å². The fourth-order valence-electron chi connectivity index (χ4n) is 5.64. The fourth-order valence-corrected chi connectivity index (χ4v) is 5.64. The molecule has 2 aromatic carbocycles. The maximum Gasteiger partial charge on any atom is 0.414 e. The van der Waals surface area contributed by atoms with E-state index in [1.165, 1.54) is 5.69 Å². The van der Waals surface area contributed by atoms with E-state index >= 15 is 0 Å². The molecule has 0 radical (unpaired) electrons. The highest BCUT2D eigenvalue weighted by Gasteiger charge is 2.49. The van der Waals surface area contributed by atoms with Crippen molar-refractivity contribution in [1.29, 1.82) is 0 Å². The topological polar surface area (TPSA) is 85.9 Å². The molecule has 10 heteroatoms. The maximum absolute atomic E-state index is 14.8. The molecule has 1 saturated heterocycles. The van der Waals surface area contributed by atoms with Gasteiger partial charge in [-0.1, -0.05) is 6.07 Å². The number of hydrogen-bond donors (Lipinski definition) is 2. The summed E-state index contributed by atoms with van der Waals surface area (Å²) in [7, 11) is 2.14. The van der Waals surface area contributed by atoms with E-state index in [0.717, 1.165) is 68.6 Å². The van der Waals surface area contributed by atoms with Gasteiger partial charge in [-0.2, -0.15) is 4.98 Å². The van der Waals surface area contributed by atoms with Crippen LogP contribution in [-0.2, 0) is 10.2 Å². The summed E-state index contributed by atoms with van der Waals surface area (Å²) in [6.07, 6.45) is 3.92. The molecule has 1 aliphatic carbocycles. The number of rotatable bonds is 5. The molecule has 216 valence electrons. The number of anilines is 6. The summed E-state index contributed by atoms with van der Waals surface area (Å²) in [6.45, 7) is 10.3. The molecular formula is C31H38FN7O2. The molecule has 0 bridgehead atoms. The van der Waals surface area contributed by atoms with Crippen LogP contribution in [0.3, 0.4) is 0 Å². The molecule has 1 spiro atoms. The SMILES string of the molecule is CN1CCN(c2ccc(Nc3ncc(F)c(Nc4ccc5c(c4)N(C(=O)OC(C)(C)C)CCC54CC4)n3)cc2)CC1. The summed E-state index contributed by atoms with van der Waals surface area (Å²) in [6, 6.07) is 14.0. The van der Waals surface area contributed by atoms with E-state index in [0.29, 0.717) is 12.2 Å². The first-order valence-corrected chi connectivity index (χ1v) is 14.3. The van der Waals surface area contributed by atoms with Gasteiger partial charge in [-0.25, -0.2) is 14.2 Å². The number of nitrogens with zero attached hydrogens (tertiary/aromatic N) is 5. The van der Waals surface area contributed by atoms with Crippen LogP contribution in [0.4, 0.5) is 43.7 Å². The van der Waals surface area contributed by atoms with E-state index < -0.39 is 11.4 Å². The lowest BCUT2D eigenvalue weighted by Gasteiger charge is -2.36. The Morgan fingerprint density at radius 3 is 2.34 bits per heavy atom. The van der Waals surface area contributed by atoms with E-state index in [1.54, 1.807) is 4.90 Å². The second-order valence-electron chi connectivity index (χ2n) is 12.4. The summed E-state index contributed by atoms with van der Waals surface area (Å²) < 4.78 is 20.5. The number of piperazine rings is 1. The fraction of sp³-hybridized carbons (Fsp3) is 0.452. The highest BCUT2D eigenvalue weighted by atomic mass is 19.1. The van der Waals surface area contributed by atoms with Gasteiger partial charge in [-0.15, -0.1) is 0 Å². The molecule has 0 unspecified atom stereocenters. The zero-order chi connectivity index (χ0) is 28.8. The molecular weight excluding hydrogens is 521 g/mol. The highest BCUT2D eigenvalue weighted by Crippen LogP contribution is 2.56. The van der Waals surface area contributed by atoms with E-state index in [9.17, 15) is 9.18 Å². The number of nitrogens with one attached hydrogen (secondary N) is 2. The molecule has 2 fully saturated rings. The number of carbonyl (C=O) groups excluding carboxylic acids is 1. The molecule has 3 heterocycles. The Balaban J connectivity index is 1.19. The Morgan fingerprint density at radius 2 is 1.66 bits per heavy atom. The number of amides is 1. The van der Waals surface area contributed by atoms with Gasteiger partial charge in [0.05, 0.1) is 11.9 Å². The van der Waals surface area contributed by atoms with Crippen LogP contribution in [-0.4, -0.2) is 66.3 Å². The summed E-state index contributed by atoms with van der Waals surface area (Å²) >= 11 is 0. The predicted octanol–water partition coefficient (Wildman–Crippen LogP) is 6.03. The summed E-state index contributed by atoms with van der Waals surface area (Å²) in [5, 5.41) is 6.29. The van der Waals surface area contributed by atoms with Gasteiger partial charge >= 0.3 is 6.09 Å². The molecule has 9 nitrogen and oxygen atoms in total. The lowest BCUT2D eigenvalue weighted by atomic mass is 9.87. The second kappa shape index (κ2) is 10.5. The first kappa shape index (κ1) is 27.3. The number of aromatic nitrogens is 2. The number of fused-ring (bicyclic) bond motifs is 2. The van der Waals surface area contributed by atoms with E-state index in [2.05, 4.69) is 49.6 Å². The maximum atomic E-state index is 14.8. The van der Waals surface area contributed by atoms with Gasteiger partial charge in [0, 0.05) is 49.8 Å². The Labute approximate surface area is 240 Å². The smallest absolute Gasteiger partial charge is 0.414 e. The van der Waals surface area contributed by atoms with Gasteiger partial charge in [0.2, 0.25) is 5.95 Å². The number of halogens is 1. The largest absolute Gasteiger partial charge is 0.443 e. The van der Waals surface area contributed by atoms with Crippen LogP contribution in [0.2, 0.25) is 0 Å². The van der Waals surface area contributed by atoms with E-state index in [1.807, 2.05) is 51.1 Å². The monoisotopic (exact) mass is 559 g/mol. The van der Waals surface area contributed by atoms with Gasteiger partial charge in [0.15, 0.2) is 11.6 Å². The third kappa shape index (κ3) is 5.93. The van der Waals surface area contributed by atoms with Crippen molar-refractivity contribution in [3.05, 3.63) is 60.0 Å². The van der Waals surface area contributed by atoms with Gasteiger partial charge < -0.3 is 25.2 Å². The molecule has 1 saturated carbocycles. The number of benzene rings is 2. The van der Waals surface area contributed by atoms with Crippen LogP contribution >= 0.6 is 0 Å². The van der Waals surface area contributed by atoms with E-state index in [-0.39, 0.29) is 23.3 Å². The van der Waals surface area contributed by atoms with Crippen LogP contribution in [0, 0.1) is 5.82 Å². The van der Waals surface area contributed by atoms with Gasteiger partial charge in [0.1, 0.15) is 5.60 Å². The Bertz CT molecular complexity index is 1430. The second-order valence-corrected chi connectivity index (χ2v) is 12.4. The molecule has 2 aliphatic heterocycles. The lowest BCUT2D eigenvalue weighted by molar-refractivity contribution is 0.0576. The quantitative estimate of drug-likeness (QED) is 0.392. The molecule has 0 atom stereocenters. The summed E-state index contributed by atoms with van der Waals surface area (Å²) in [5.74, 6) is -0.231. The summed E-state index contributed by atoms with van der Waals surface area (Å²) in [5.41, 5.74) is 4.11. The first-order valence-electron chi connectivity index (χ1n) is 14.3. The Hall–Kier alpha value is -3.92. The van der Waals surface area contributed by atoms with Crippen molar-refractivity contribution in [3.63, 3.8) is 0 Å². The minimum Gasteiger partial charge on any atom is -0.443 e. The summed E-state index contributed by atoms with van der Waals surface area (Å²) in [4.78, 5) is 28.0. The van der Waals surface area contributed by atoms with Gasteiger partial charge in [-0.3, -0.25) is 4.90 Å². The van der Waals surface area contributed by atoms with Crippen molar-refractivity contribution in [3.8, 4) is 0 Å². The molecule has 3 aliphatic rings. The number of ether oxygens (including phenoxy) is 1. The third-order valence-electron chi connectivity index (χ3n) is 8.14. The standard InChI is InChI=1S/C31H38FN7O2/c1-30(2,3)41-29(40)39-14-13-31(11-12-31)24-10-7-22(19-26(24)39)34-27-25(32)20-33-28(36-27)35-21-5-8-23(9-6-21)38-17-15-37(4)16-18-38/h5-10,19-20H,11-18H2,1-4H3,(H2,33,34,35,36). The highest BCUT2D eigenvalue weighted by molar-refractivity contribution is 5.91. The van der Waals surface area contributed by atoms with Crippen molar-refractivity contribution in [2.45, 2.75) is 51.0 Å². The molecule has 6 rings (SSSR count). The molecule has 2 N–H and O–H groups in total. The minimum atomic E-state index is -0.597. The first-order chi connectivity index (χ1) is 19.6. The third-order valence-corrected chi connectivity index (χ3v) is 8.14. The number of likely N-dealkylation sites (N-methyl/N-ethyl adjacent to an activating group) is 1. The normalized spacial score (nSPS) is 18.2. The van der Waals surface area contributed by atoms with Crippen LogP contribution in [0.1, 0.15) is 45.6 Å². The van der Waals surface area contributed by atoms with E-state index in [4.69, 9.17) is 4.74 Å². The zero-order valence-corrected chi connectivity index (χ0v) is 24.2. The predicted molar refractivity (Wildman–Crippen MR) is 160 cm³/mol. The van der Waals surface area contributed by atoms with Gasteiger partial charge in [0.25, 0.3) is 0 Å². The van der Waals surface area contributed by atoms with Crippen LogP contribution in [0.5, 0.6) is 0 Å². The Kier molecular flexibility index (Phi) is 6.97. The molecule has 1 amide bonds. The molecule has 3 aromatic rings. The van der Waals surface area contributed by atoms with Crippen molar-refractivity contribution in [2.24, 2.45) is 0 Å². The van der Waals surface area contributed by atoms with Crippen molar-refractivity contribution >= 4 is 40.6 Å².